The van der Waals surface area contributed by atoms with Crippen LogP contribution in [-0.2, 0) is 9.47 Å². The van der Waals surface area contributed by atoms with E-state index in [9.17, 15) is 40.9 Å². The summed E-state index contributed by atoms with van der Waals surface area (Å²) in [5.74, 6) is 11.7. The van der Waals surface area contributed by atoms with Crippen molar-refractivity contribution in [1.82, 2.24) is 0 Å². The quantitative estimate of drug-likeness (QED) is 0.179. The summed E-state index contributed by atoms with van der Waals surface area (Å²) in [6.07, 6.45) is -12.3. The van der Waals surface area contributed by atoms with Crippen LogP contribution in [0, 0.1) is 23.7 Å². The molecule has 10 atom stereocenters. The standard InChI is InChI=1S/C29H30O10S/c30-12-20-26(34)28(36)24(32)18(38-20)3-1-2-14-4-7-16-17-8-5-15(11-23(17)40-22(16)10-14)6-9-19-25(33)29(37)27(35)21(13-31)39-19/h4-5,7-8,10-11,18-21,24-37H,3,12-13H2/t18-,19-,20-,21-,24-,25-,26-,27-,28-,29-/m1/s1. The van der Waals surface area contributed by atoms with Crippen LogP contribution in [0.3, 0.4) is 0 Å². The van der Waals surface area contributed by atoms with Crippen LogP contribution in [0.2, 0.25) is 0 Å². The van der Waals surface area contributed by atoms with Crippen LogP contribution in [-0.4, -0.2) is 115 Å². The molecule has 3 heterocycles. The molecule has 0 radical (unpaired) electrons. The van der Waals surface area contributed by atoms with Gasteiger partial charge in [0.25, 0.3) is 0 Å². The van der Waals surface area contributed by atoms with E-state index in [1.165, 1.54) is 0 Å². The minimum Gasteiger partial charge on any atom is -0.394 e. The Balaban J connectivity index is 1.32. The van der Waals surface area contributed by atoms with E-state index >= 15 is 0 Å². The minimum absolute atomic E-state index is 0.0996. The fraction of sp³-hybridized carbons (Fsp3) is 0.448. The molecular weight excluding hydrogens is 540 g/mol. The molecule has 1 aromatic heterocycles. The van der Waals surface area contributed by atoms with Crippen molar-refractivity contribution in [2.24, 2.45) is 0 Å². The SMILES string of the molecule is OC[C@H]1O[C@H](CC#Cc2ccc3c(c2)sc2cc(C#C[C@H]4O[C@H](CO)[C@@H](O)[C@H](O)[C@@H]4O)ccc23)[C@@H](O)[C@@H](O)[C@@H]1O. The summed E-state index contributed by atoms with van der Waals surface area (Å²) >= 11 is 1.55. The summed E-state index contributed by atoms with van der Waals surface area (Å²) in [5.41, 5.74) is 1.40. The Morgan fingerprint density at radius 1 is 0.625 bits per heavy atom. The van der Waals surface area contributed by atoms with Crippen molar-refractivity contribution in [3.63, 3.8) is 0 Å². The van der Waals surface area contributed by atoms with Gasteiger partial charge in [-0.05, 0) is 24.3 Å². The predicted molar refractivity (Wildman–Crippen MR) is 145 cm³/mol. The average molecular weight is 571 g/mol. The second-order valence-electron chi connectivity index (χ2n) is 9.92. The van der Waals surface area contributed by atoms with Crippen LogP contribution >= 0.6 is 11.3 Å². The number of aliphatic hydroxyl groups excluding tert-OH is 8. The first-order valence-corrected chi connectivity index (χ1v) is 13.6. The van der Waals surface area contributed by atoms with Gasteiger partial charge in [-0.2, -0.15) is 0 Å². The van der Waals surface area contributed by atoms with E-state index in [1.807, 2.05) is 36.4 Å². The molecular formula is C29H30O10S. The van der Waals surface area contributed by atoms with Gasteiger partial charge in [-0.3, -0.25) is 0 Å². The van der Waals surface area contributed by atoms with Gasteiger partial charge in [-0.1, -0.05) is 35.8 Å². The first-order chi connectivity index (χ1) is 19.2. The van der Waals surface area contributed by atoms with E-state index in [0.717, 1.165) is 25.7 Å². The third-order valence-corrected chi connectivity index (χ3v) is 8.37. The summed E-state index contributed by atoms with van der Waals surface area (Å²) in [6, 6.07) is 11.5. The maximum absolute atomic E-state index is 10.2. The Morgan fingerprint density at radius 3 is 1.75 bits per heavy atom. The first-order valence-electron chi connectivity index (χ1n) is 12.8. The lowest BCUT2D eigenvalue weighted by molar-refractivity contribution is -0.227. The molecule has 0 aliphatic carbocycles. The van der Waals surface area contributed by atoms with Crippen molar-refractivity contribution < 1.29 is 50.3 Å². The lowest BCUT2D eigenvalue weighted by atomic mass is 9.93. The number of fused-ring (bicyclic) bond motifs is 3. The molecule has 0 spiro atoms. The lowest BCUT2D eigenvalue weighted by Crippen LogP contribution is -2.58. The van der Waals surface area contributed by atoms with Gasteiger partial charge >= 0.3 is 0 Å². The second-order valence-corrected chi connectivity index (χ2v) is 11.0. The third kappa shape index (κ3) is 5.60. The Hall–Kier alpha value is -2.62. The molecule has 11 heteroatoms. The minimum atomic E-state index is -1.48. The van der Waals surface area contributed by atoms with E-state index in [1.54, 1.807) is 11.3 Å². The van der Waals surface area contributed by atoms with E-state index in [4.69, 9.17) is 9.47 Å². The van der Waals surface area contributed by atoms with Gasteiger partial charge in [-0.25, -0.2) is 0 Å². The molecule has 2 fully saturated rings. The molecule has 2 aromatic carbocycles. The van der Waals surface area contributed by atoms with Crippen LogP contribution in [0.5, 0.6) is 0 Å². The van der Waals surface area contributed by atoms with E-state index in [-0.39, 0.29) is 6.42 Å². The van der Waals surface area contributed by atoms with Gasteiger partial charge in [0.1, 0.15) is 54.9 Å². The molecule has 0 saturated carbocycles. The maximum Gasteiger partial charge on any atom is 0.147 e. The molecule has 2 aliphatic heterocycles. The fourth-order valence-electron chi connectivity index (χ4n) is 4.91. The summed E-state index contributed by atoms with van der Waals surface area (Å²) in [4.78, 5) is 0. The number of thiophene rings is 1. The topological polar surface area (TPSA) is 180 Å². The van der Waals surface area contributed by atoms with Crippen molar-refractivity contribution in [3.8, 4) is 23.7 Å². The summed E-state index contributed by atoms with van der Waals surface area (Å²) < 4.78 is 12.9. The number of benzene rings is 2. The molecule has 212 valence electrons. The van der Waals surface area contributed by atoms with Crippen LogP contribution in [0.15, 0.2) is 36.4 Å². The molecule has 5 rings (SSSR count). The van der Waals surface area contributed by atoms with Crippen molar-refractivity contribution in [2.75, 3.05) is 13.2 Å². The summed E-state index contributed by atoms with van der Waals surface area (Å²) in [6.45, 7) is -1.00. The molecule has 40 heavy (non-hydrogen) atoms. The van der Waals surface area contributed by atoms with Crippen LogP contribution in [0.4, 0.5) is 0 Å². The number of rotatable bonds is 3. The highest BCUT2D eigenvalue weighted by molar-refractivity contribution is 7.25. The van der Waals surface area contributed by atoms with E-state index in [2.05, 4.69) is 23.7 Å². The third-order valence-electron chi connectivity index (χ3n) is 7.25. The van der Waals surface area contributed by atoms with Gasteiger partial charge in [0.05, 0.1) is 19.3 Å². The smallest absolute Gasteiger partial charge is 0.147 e. The van der Waals surface area contributed by atoms with Crippen molar-refractivity contribution in [1.29, 1.82) is 0 Å². The molecule has 8 N–H and O–H groups in total. The number of ether oxygens (including phenoxy) is 2. The number of hydrogen-bond acceptors (Lipinski definition) is 11. The Bertz CT molecular complexity index is 1480. The largest absolute Gasteiger partial charge is 0.394 e. The monoisotopic (exact) mass is 570 g/mol. The zero-order chi connectivity index (χ0) is 28.6. The first kappa shape index (κ1) is 28.9. The highest BCUT2D eigenvalue weighted by Crippen LogP contribution is 2.35. The normalized spacial score (nSPS) is 34.2. The molecule has 2 saturated heterocycles. The van der Waals surface area contributed by atoms with Gasteiger partial charge in [-0.15, -0.1) is 11.3 Å². The molecule has 0 amide bonds. The average Bonchev–Trinajstić information content (AvgIpc) is 3.32. The Labute approximate surface area is 233 Å². The Kier molecular flexibility index (Phi) is 8.73. The predicted octanol–water partition coefficient (Wildman–Crippen LogP) is -1.17. The molecule has 0 bridgehead atoms. The fourth-order valence-corrected chi connectivity index (χ4v) is 6.09. The van der Waals surface area contributed by atoms with Crippen molar-refractivity contribution in [2.45, 2.75) is 67.5 Å². The summed E-state index contributed by atoms with van der Waals surface area (Å²) in [5, 5.41) is 80.9. The number of hydrogen-bond donors (Lipinski definition) is 8. The highest BCUT2D eigenvalue weighted by atomic mass is 32.1. The highest BCUT2D eigenvalue weighted by Gasteiger charge is 2.43. The van der Waals surface area contributed by atoms with Gasteiger partial charge in [0.15, 0.2) is 0 Å². The zero-order valence-corrected chi connectivity index (χ0v) is 22.0. The lowest BCUT2D eigenvalue weighted by Gasteiger charge is -2.39. The molecule has 2 aliphatic rings. The number of aliphatic hydroxyl groups is 8. The van der Waals surface area contributed by atoms with Gasteiger partial charge in [0.2, 0.25) is 0 Å². The van der Waals surface area contributed by atoms with Crippen LogP contribution in [0.25, 0.3) is 20.2 Å². The van der Waals surface area contributed by atoms with Crippen LogP contribution in [0.1, 0.15) is 17.5 Å². The second kappa shape index (κ2) is 12.1. The molecule has 10 nitrogen and oxygen atoms in total. The maximum atomic E-state index is 10.2. The summed E-state index contributed by atoms with van der Waals surface area (Å²) in [7, 11) is 0. The van der Waals surface area contributed by atoms with Crippen LogP contribution < -0.4 is 0 Å². The van der Waals surface area contributed by atoms with E-state index < -0.39 is 74.3 Å². The van der Waals surface area contributed by atoms with Gasteiger partial charge < -0.3 is 50.3 Å². The Morgan fingerprint density at radius 2 is 1.15 bits per heavy atom. The molecule has 0 unspecified atom stereocenters. The van der Waals surface area contributed by atoms with Crippen molar-refractivity contribution >= 4 is 31.5 Å². The zero-order valence-electron chi connectivity index (χ0n) is 21.2. The van der Waals surface area contributed by atoms with E-state index in [0.29, 0.717) is 5.56 Å². The van der Waals surface area contributed by atoms with Gasteiger partial charge in [0, 0.05) is 37.7 Å². The van der Waals surface area contributed by atoms with Crippen molar-refractivity contribution in [3.05, 3.63) is 47.5 Å². The molecule has 3 aromatic rings.